The predicted molar refractivity (Wildman–Crippen MR) is 287 cm³/mol. The van der Waals surface area contributed by atoms with Crippen LogP contribution in [-0.2, 0) is 21.7 Å². The van der Waals surface area contributed by atoms with Crippen LogP contribution in [0, 0.1) is 0 Å². The quantitative estimate of drug-likeness (QED) is 0.165. The second kappa shape index (κ2) is 14.5. The lowest BCUT2D eigenvalue weighted by atomic mass is 9.79. The fourth-order valence-electron chi connectivity index (χ4n) is 11.1. The van der Waals surface area contributed by atoms with Gasteiger partial charge in [0.25, 0.3) is 0 Å². The van der Waals surface area contributed by atoms with E-state index in [1.165, 1.54) is 133 Å². The molecule has 0 nitrogen and oxygen atoms in total. The van der Waals surface area contributed by atoms with Gasteiger partial charge in [-0.1, -0.05) is 241 Å². The second-order valence-corrected chi connectivity index (χ2v) is 23.4. The summed E-state index contributed by atoms with van der Waals surface area (Å²) in [5.74, 6) is 0. The van der Waals surface area contributed by atoms with Crippen molar-refractivity contribution in [3.05, 3.63) is 180 Å². The SMILES string of the molecule is CC(C)(C)c1cccc(-c2ccc(-c3cccc(C(C)(C)C)c3)c3c2-c2ccc4c5c(ccc-3c25)-c2c-4c(-c3cccc(C(C)(C)C)c3)c3ccccc3c2-c2cccc(C(C)(C)C)c2)c1. The minimum absolute atomic E-state index is 0.00778. The van der Waals surface area contributed by atoms with E-state index in [2.05, 4.69) is 241 Å². The van der Waals surface area contributed by atoms with E-state index in [9.17, 15) is 0 Å². The van der Waals surface area contributed by atoms with Gasteiger partial charge in [-0.25, -0.2) is 0 Å². The first-order valence-corrected chi connectivity index (χ1v) is 24.1. The zero-order valence-corrected chi connectivity index (χ0v) is 41.0. The van der Waals surface area contributed by atoms with E-state index in [0.717, 1.165) is 0 Å². The lowest BCUT2D eigenvalue weighted by molar-refractivity contribution is 0.590. The summed E-state index contributed by atoms with van der Waals surface area (Å²) in [6.45, 7) is 27.9. The van der Waals surface area contributed by atoms with Crippen LogP contribution in [0.25, 0.3) is 111 Å². The Balaban J connectivity index is 1.27. The molecule has 0 aromatic heterocycles. The van der Waals surface area contributed by atoms with E-state index >= 15 is 0 Å². The maximum absolute atomic E-state index is 2.48. The summed E-state index contributed by atoms with van der Waals surface area (Å²) in [4.78, 5) is 0. The van der Waals surface area contributed by atoms with Gasteiger partial charge in [-0.15, -0.1) is 0 Å². The van der Waals surface area contributed by atoms with Crippen molar-refractivity contribution in [1.82, 2.24) is 0 Å². The number of benzene rings is 9. The Morgan fingerprint density at radius 2 is 0.500 bits per heavy atom. The van der Waals surface area contributed by atoms with Crippen LogP contribution in [0.4, 0.5) is 0 Å². The van der Waals surface area contributed by atoms with Crippen LogP contribution < -0.4 is 0 Å². The minimum atomic E-state index is 0.00778. The summed E-state index contributed by atoms with van der Waals surface area (Å²) < 4.78 is 0. The highest BCUT2D eigenvalue weighted by Gasteiger charge is 2.37. The molecule has 66 heavy (non-hydrogen) atoms. The number of hydrogen-bond acceptors (Lipinski definition) is 0. The fraction of sp³-hybridized carbons (Fsp3) is 0.242. The normalized spacial score (nSPS) is 13.2. The molecule has 0 amide bonds. The highest BCUT2D eigenvalue weighted by atomic mass is 14.4. The van der Waals surface area contributed by atoms with Gasteiger partial charge < -0.3 is 0 Å². The lowest BCUT2D eigenvalue weighted by Gasteiger charge is -2.24. The summed E-state index contributed by atoms with van der Waals surface area (Å²) in [5.41, 5.74) is 26.5. The largest absolute Gasteiger partial charge is 0.0616 e. The van der Waals surface area contributed by atoms with Gasteiger partial charge in [0.2, 0.25) is 0 Å². The van der Waals surface area contributed by atoms with Crippen molar-refractivity contribution in [2.24, 2.45) is 0 Å². The Hall–Kier alpha value is -6.50. The van der Waals surface area contributed by atoms with E-state index in [-0.39, 0.29) is 21.7 Å². The van der Waals surface area contributed by atoms with Crippen molar-refractivity contribution in [1.29, 1.82) is 0 Å². The maximum atomic E-state index is 2.48. The molecule has 326 valence electrons. The summed E-state index contributed by atoms with van der Waals surface area (Å²) in [7, 11) is 0. The van der Waals surface area contributed by atoms with Crippen LogP contribution in [0.5, 0.6) is 0 Å². The maximum Gasteiger partial charge on any atom is -0.000740 e. The van der Waals surface area contributed by atoms with Gasteiger partial charge in [-0.3, -0.25) is 0 Å². The zero-order chi connectivity index (χ0) is 46.2. The molecule has 0 unspecified atom stereocenters. The lowest BCUT2D eigenvalue weighted by Crippen LogP contribution is -2.11. The molecule has 0 N–H and O–H groups in total. The number of hydrogen-bond donors (Lipinski definition) is 0. The Kier molecular flexibility index (Phi) is 9.26. The van der Waals surface area contributed by atoms with Gasteiger partial charge in [0.05, 0.1) is 0 Å². The first-order chi connectivity index (χ1) is 31.3. The van der Waals surface area contributed by atoms with Gasteiger partial charge in [-0.05, 0) is 154 Å². The molecular formula is C66H62. The molecule has 0 saturated heterocycles. The molecule has 9 aromatic carbocycles. The van der Waals surface area contributed by atoms with Crippen LogP contribution in [0.1, 0.15) is 105 Å². The van der Waals surface area contributed by atoms with Gasteiger partial charge in [0.1, 0.15) is 0 Å². The number of fused-ring (bicyclic) bond motifs is 7. The third kappa shape index (κ3) is 6.54. The van der Waals surface area contributed by atoms with Crippen LogP contribution in [-0.4, -0.2) is 0 Å². The molecule has 11 rings (SSSR count). The molecule has 0 heterocycles. The van der Waals surface area contributed by atoms with E-state index in [4.69, 9.17) is 0 Å². The molecule has 9 aromatic rings. The molecule has 0 bridgehead atoms. The summed E-state index contributed by atoms with van der Waals surface area (Å²) in [6.07, 6.45) is 0. The molecular weight excluding hydrogens is 793 g/mol. The van der Waals surface area contributed by atoms with Crippen molar-refractivity contribution in [3.8, 4) is 89.0 Å². The van der Waals surface area contributed by atoms with E-state index in [0.29, 0.717) is 0 Å². The Bertz CT molecular complexity index is 3260. The first-order valence-electron chi connectivity index (χ1n) is 24.1. The van der Waals surface area contributed by atoms with Crippen molar-refractivity contribution in [2.75, 3.05) is 0 Å². The van der Waals surface area contributed by atoms with Gasteiger partial charge >= 0.3 is 0 Å². The Morgan fingerprint density at radius 3 is 0.818 bits per heavy atom. The molecule has 2 aliphatic carbocycles. The van der Waals surface area contributed by atoms with Crippen LogP contribution >= 0.6 is 0 Å². The third-order valence-corrected chi connectivity index (χ3v) is 14.8. The summed E-state index contributed by atoms with van der Waals surface area (Å²) >= 11 is 0. The standard InChI is InChI=1S/C66H62/c1-63(2,3)43-23-15-19-39(35-43)47-29-30-48(40-20-16-24-44(36-40)64(4,5)6)58-52-32-34-54-60-53(33-31-51(57(47)58)59(52)60)61-55(41-21-17-25-45(37-41)65(7,8)9)49-27-13-14-28-50(49)56(62(54)61)42-22-18-26-46(38-42)66(10,11)12/h13-38H,1-12H3. The predicted octanol–water partition coefficient (Wildman–Crippen LogP) is 19.1. The summed E-state index contributed by atoms with van der Waals surface area (Å²) in [5, 5.41) is 5.33. The van der Waals surface area contributed by atoms with Crippen LogP contribution in [0.3, 0.4) is 0 Å². The Labute approximate surface area is 393 Å². The van der Waals surface area contributed by atoms with Crippen LogP contribution in [0.2, 0.25) is 0 Å². The molecule has 2 aliphatic rings. The summed E-state index contributed by atoms with van der Waals surface area (Å²) in [6, 6.07) is 61.3. The molecule has 0 saturated carbocycles. The van der Waals surface area contributed by atoms with Gasteiger partial charge in [0.15, 0.2) is 0 Å². The first kappa shape index (κ1) is 42.2. The monoisotopic (exact) mass is 854 g/mol. The van der Waals surface area contributed by atoms with Crippen molar-refractivity contribution < 1.29 is 0 Å². The molecule has 0 spiro atoms. The zero-order valence-electron chi connectivity index (χ0n) is 41.0. The van der Waals surface area contributed by atoms with Crippen molar-refractivity contribution >= 4 is 21.5 Å². The molecule has 0 aliphatic heterocycles. The van der Waals surface area contributed by atoms with E-state index < -0.39 is 0 Å². The average Bonchev–Trinajstić information content (AvgIpc) is 3.79. The minimum Gasteiger partial charge on any atom is -0.0616 e. The van der Waals surface area contributed by atoms with Gasteiger partial charge in [-0.2, -0.15) is 0 Å². The topological polar surface area (TPSA) is 0 Å². The van der Waals surface area contributed by atoms with E-state index in [1.54, 1.807) is 0 Å². The fourth-order valence-corrected chi connectivity index (χ4v) is 11.1. The van der Waals surface area contributed by atoms with Crippen molar-refractivity contribution in [2.45, 2.75) is 105 Å². The molecule has 0 radical (unpaired) electrons. The van der Waals surface area contributed by atoms with Gasteiger partial charge in [0, 0.05) is 0 Å². The second-order valence-electron chi connectivity index (χ2n) is 23.4. The molecule has 0 atom stereocenters. The van der Waals surface area contributed by atoms with E-state index in [1.807, 2.05) is 0 Å². The third-order valence-electron chi connectivity index (χ3n) is 14.8. The van der Waals surface area contributed by atoms with Crippen molar-refractivity contribution in [3.63, 3.8) is 0 Å². The highest BCUT2D eigenvalue weighted by Crippen LogP contribution is 2.63. The highest BCUT2D eigenvalue weighted by molar-refractivity contribution is 6.33. The number of rotatable bonds is 4. The van der Waals surface area contributed by atoms with Crippen LogP contribution in [0.15, 0.2) is 158 Å². The molecule has 0 fully saturated rings. The molecule has 0 heteroatoms. The average molecular weight is 855 g/mol. The smallest absolute Gasteiger partial charge is 0.000740 e. The Morgan fingerprint density at radius 1 is 0.227 bits per heavy atom.